The molecular weight excluding hydrogens is 266 g/mol. The van der Waals surface area contributed by atoms with E-state index in [2.05, 4.69) is 10.5 Å². The molecule has 8 heteroatoms. The molecule has 0 radical (unpaired) electrons. The maximum atomic E-state index is 12.2. The van der Waals surface area contributed by atoms with Crippen LogP contribution in [0.1, 0.15) is 17.0 Å². The molecule has 8 nitrogen and oxygen atoms in total. The summed E-state index contributed by atoms with van der Waals surface area (Å²) in [5.74, 6) is -1.42. The average molecular weight is 281 g/mol. The van der Waals surface area contributed by atoms with Gasteiger partial charge in [-0.1, -0.05) is 5.16 Å². The summed E-state index contributed by atoms with van der Waals surface area (Å²) in [4.78, 5) is 35.8. The molecular formula is C12H15N3O5. The highest BCUT2D eigenvalue weighted by Crippen LogP contribution is 2.15. The summed E-state index contributed by atoms with van der Waals surface area (Å²) in [6.07, 6.45) is -0.0295. The number of aromatic nitrogens is 1. The van der Waals surface area contributed by atoms with E-state index < -0.39 is 17.9 Å². The monoisotopic (exact) mass is 281 g/mol. The van der Waals surface area contributed by atoms with Crippen LogP contribution in [-0.4, -0.2) is 52.1 Å². The molecule has 1 unspecified atom stereocenters. The van der Waals surface area contributed by atoms with E-state index in [1.165, 1.54) is 0 Å². The molecule has 1 aliphatic heterocycles. The van der Waals surface area contributed by atoms with Crippen LogP contribution in [-0.2, 0) is 20.8 Å². The number of piperazine rings is 1. The predicted molar refractivity (Wildman–Crippen MR) is 65.8 cm³/mol. The van der Waals surface area contributed by atoms with Crippen molar-refractivity contribution in [2.45, 2.75) is 26.3 Å². The van der Waals surface area contributed by atoms with Crippen LogP contribution >= 0.6 is 0 Å². The maximum absolute atomic E-state index is 12.2. The second kappa shape index (κ2) is 5.32. The minimum absolute atomic E-state index is 0.0295. The van der Waals surface area contributed by atoms with E-state index in [0.717, 1.165) is 4.90 Å². The van der Waals surface area contributed by atoms with E-state index in [1.807, 2.05) is 0 Å². The van der Waals surface area contributed by atoms with Crippen molar-refractivity contribution in [2.24, 2.45) is 0 Å². The lowest BCUT2D eigenvalue weighted by Gasteiger charge is -2.32. The molecule has 0 spiro atoms. The Morgan fingerprint density at radius 3 is 2.75 bits per heavy atom. The van der Waals surface area contributed by atoms with Crippen molar-refractivity contribution in [3.05, 3.63) is 17.0 Å². The van der Waals surface area contributed by atoms with Gasteiger partial charge in [0.1, 0.15) is 18.3 Å². The van der Waals surface area contributed by atoms with Gasteiger partial charge in [-0.05, 0) is 13.8 Å². The van der Waals surface area contributed by atoms with E-state index in [9.17, 15) is 14.4 Å². The summed E-state index contributed by atoms with van der Waals surface area (Å²) in [6, 6.07) is -1.04. The third-order valence-electron chi connectivity index (χ3n) is 3.30. The highest BCUT2D eigenvalue weighted by molar-refractivity contribution is 5.92. The van der Waals surface area contributed by atoms with Gasteiger partial charge in [0.15, 0.2) is 0 Å². The van der Waals surface area contributed by atoms with Crippen LogP contribution in [0.4, 0.5) is 0 Å². The molecule has 0 aromatic carbocycles. The molecule has 0 bridgehead atoms. The Hall–Kier alpha value is -2.38. The average Bonchev–Trinajstić information content (AvgIpc) is 2.70. The number of carbonyl (C=O) groups is 3. The summed E-state index contributed by atoms with van der Waals surface area (Å²) >= 11 is 0. The molecule has 0 aliphatic carbocycles. The zero-order valence-corrected chi connectivity index (χ0v) is 11.2. The van der Waals surface area contributed by atoms with E-state index in [4.69, 9.17) is 9.63 Å². The lowest BCUT2D eigenvalue weighted by atomic mass is 10.1. The van der Waals surface area contributed by atoms with Gasteiger partial charge in [-0.2, -0.15) is 0 Å². The Morgan fingerprint density at radius 1 is 1.50 bits per heavy atom. The number of nitrogens with zero attached hydrogens (tertiary/aromatic N) is 2. The first-order chi connectivity index (χ1) is 9.40. The van der Waals surface area contributed by atoms with Gasteiger partial charge in [-0.15, -0.1) is 0 Å². The Bertz CT molecular complexity index is 546. The molecule has 1 saturated heterocycles. The van der Waals surface area contributed by atoms with Crippen molar-refractivity contribution in [1.29, 1.82) is 0 Å². The lowest BCUT2D eigenvalue weighted by Crippen LogP contribution is -2.59. The number of carboxylic acids is 1. The van der Waals surface area contributed by atoms with Crippen LogP contribution in [0.3, 0.4) is 0 Å². The lowest BCUT2D eigenvalue weighted by molar-refractivity contribution is -0.153. The summed E-state index contributed by atoms with van der Waals surface area (Å²) in [5.41, 5.74) is 1.22. The molecule has 1 aliphatic rings. The number of hydrogen-bond donors (Lipinski definition) is 2. The molecule has 2 N–H and O–H groups in total. The predicted octanol–water partition coefficient (Wildman–Crippen LogP) is -0.754. The van der Waals surface area contributed by atoms with Crippen LogP contribution in [0.15, 0.2) is 4.52 Å². The van der Waals surface area contributed by atoms with Gasteiger partial charge in [0, 0.05) is 12.1 Å². The molecule has 2 rings (SSSR count). The van der Waals surface area contributed by atoms with E-state index in [0.29, 0.717) is 17.0 Å². The Balaban J connectivity index is 2.17. The van der Waals surface area contributed by atoms with Crippen molar-refractivity contribution >= 4 is 17.8 Å². The molecule has 1 fully saturated rings. The molecule has 1 atom stereocenters. The fourth-order valence-corrected chi connectivity index (χ4v) is 2.13. The highest BCUT2D eigenvalue weighted by atomic mass is 16.5. The number of hydrogen-bond acceptors (Lipinski definition) is 5. The fourth-order valence-electron chi connectivity index (χ4n) is 2.13. The number of rotatable bonds is 3. The zero-order valence-electron chi connectivity index (χ0n) is 11.2. The Morgan fingerprint density at radius 2 is 2.20 bits per heavy atom. The first-order valence-corrected chi connectivity index (χ1v) is 6.11. The van der Waals surface area contributed by atoms with Crippen LogP contribution in [0.25, 0.3) is 0 Å². The van der Waals surface area contributed by atoms with Crippen LogP contribution in [0.2, 0.25) is 0 Å². The van der Waals surface area contributed by atoms with Crippen molar-refractivity contribution in [3.8, 4) is 0 Å². The van der Waals surface area contributed by atoms with Gasteiger partial charge >= 0.3 is 5.97 Å². The number of aryl methyl sites for hydroxylation is 2. The number of aliphatic carboxylic acids is 1. The van der Waals surface area contributed by atoms with Crippen LogP contribution < -0.4 is 5.32 Å². The summed E-state index contributed by atoms with van der Waals surface area (Å²) in [5, 5.41) is 15.3. The third kappa shape index (κ3) is 2.63. The van der Waals surface area contributed by atoms with Gasteiger partial charge in [-0.3, -0.25) is 9.59 Å². The van der Waals surface area contributed by atoms with Crippen molar-refractivity contribution in [1.82, 2.24) is 15.4 Å². The topological polar surface area (TPSA) is 113 Å². The summed E-state index contributed by atoms with van der Waals surface area (Å²) in [7, 11) is 0. The molecule has 108 valence electrons. The van der Waals surface area contributed by atoms with Gasteiger partial charge in [0.2, 0.25) is 11.8 Å². The minimum Gasteiger partial charge on any atom is -0.480 e. The van der Waals surface area contributed by atoms with Gasteiger partial charge in [-0.25, -0.2) is 4.79 Å². The smallest absolute Gasteiger partial charge is 0.328 e. The SMILES string of the molecule is Cc1noc(C)c1CC(=O)N1CC(=O)NCC1C(=O)O. The second-order valence-corrected chi connectivity index (χ2v) is 4.66. The first-order valence-electron chi connectivity index (χ1n) is 6.11. The van der Waals surface area contributed by atoms with Gasteiger partial charge in [0.25, 0.3) is 0 Å². The third-order valence-corrected chi connectivity index (χ3v) is 3.30. The zero-order chi connectivity index (χ0) is 14.9. The number of carbonyl (C=O) groups excluding carboxylic acids is 2. The molecule has 2 heterocycles. The van der Waals surface area contributed by atoms with Gasteiger partial charge in [0.05, 0.1) is 12.1 Å². The standard InChI is InChI=1S/C12H15N3O5/c1-6-8(7(2)20-14-6)3-11(17)15-5-10(16)13-4-9(15)12(18)19/h9H,3-5H2,1-2H3,(H,13,16)(H,18,19). The number of carboxylic acid groups (broad SMARTS) is 1. The molecule has 2 amide bonds. The van der Waals surface area contributed by atoms with E-state index in [-0.39, 0.29) is 25.4 Å². The van der Waals surface area contributed by atoms with Gasteiger partial charge < -0.3 is 19.8 Å². The minimum atomic E-state index is -1.14. The fraction of sp³-hybridized carbons (Fsp3) is 0.500. The summed E-state index contributed by atoms with van der Waals surface area (Å²) < 4.78 is 4.96. The normalized spacial score (nSPS) is 18.8. The quantitative estimate of drug-likeness (QED) is 0.753. The number of nitrogens with one attached hydrogen (secondary N) is 1. The van der Waals surface area contributed by atoms with E-state index >= 15 is 0 Å². The Kier molecular flexibility index (Phi) is 3.73. The van der Waals surface area contributed by atoms with Crippen molar-refractivity contribution in [2.75, 3.05) is 13.1 Å². The molecule has 20 heavy (non-hydrogen) atoms. The van der Waals surface area contributed by atoms with Crippen molar-refractivity contribution in [3.63, 3.8) is 0 Å². The molecule has 1 aromatic heterocycles. The first kappa shape index (κ1) is 14.0. The van der Waals surface area contributed by atoms with Crippen LogP contribution in [0.5, 0.6) is 0 Å². The van der Waals surface area contributed by atoms with E-state index in [1.54, 1.807) is 13.8 Å². The Labute approximate surface area is 114 Å². The highest BCUT2D eigenvalue weighted by Gasteiger charge is 2.35. The molecule has 1 aromatic rings. The maximum Gasteiger partial charge on any atom is 0.328 e. The molecule has 0 saturated carbocycles. The van der Waals surface area contributed by atoms with Crippen LogP contribution in [0, 0.1) is 13.8 Å². The number of amides is 2. The summed E-state index contributed by atoms with van der Waals surface area (Å²) in [6.45, 7) is 3.05. The largest absolute Gasteiger partial charge is 0.480 e. The van der Waals surface area contributed by atoms with Crippen molar-refractivity contribution < 1.29 is 24.0 Å². The second-order valence-electron chi connectivity index (χ2n) is 4.66.